The van der Waals surface area contributed by atoms with Crippen LogP contribution in [0.5, 0.6) is 5.75 Å². The molecule has 142 valence electrons. The van der Waals surface area contributed by atoms with Gasteiger partial charge in [0.1, 0.15) is 11.4 Å². The van der Waals surface area contributed by atoms with Crippen molar-refractivity contribution in [3.8, 4) is 5.75 Å². The zero-order chi connectivity index (χ0) is 19.1. The van der Waals surface area contributed by atoms with Crippen LogP contribution in [-0.4, -0.2) is 37.4 Å². The first-order valence-corrected chi connectivity index (χ1v) is 8.98. The Kier molecular flexibility index (Phi) is 8.19. The molecule has 0 aliphatic carbocycles. The Hall–Kier alpha value is -1.30. The van der Waals surface area contributed by atoms with Crippen molar-refractivity contribution in [2.24, 2.45) is 0 Å². The van der Waals surface area contributed by atoms with Crippen LogP contribution in [0.25, 0.3) is 0 Å². The largest absolute Gasteiger partial charge is 0.492 e. The van der Waals surface area contributed by atoms with Gasteiger partial charge in [-0.05, 0) is 52.3 Å². The highest BCUT2D eigenvalue weighted by atomic mass is 35.5. The van der Waals surface area contributed by atoms with Crippen molar-refractivity contribution in [2.45, 2.75) is 58.7 Å². The predicted molar refractivity (Wildman–Crippen MR) is 102 cm³/mol. The molecule has 0 saturated carbocycles. The first kappa shape index (κ1) is 21.7. The second-order valence-corrected chi connectivity index (χ2v) is 7.09. The van der Waals surface area contributed by atoms with E-state index < -0.39 is 5.60 Å². The molecule has 5 nitrogen and oxygen atoms in total. The fraction of sp³-hybridized carbons (Fsp3) is 0.632. The topological polar surface area (TPSA) is 56.8 Å². The average Bonchev–Trinajstić information content (AvgIpc) is 2.56. The van der Waals surface area contributed by atoms with E-state index in [4.69, 9.17) is 25.8 Å². The summed E-state index contributed by atoms with van der Waals surface area (Å²) in [4.78, 5) is 12.4. The zero-order valence-corrected chi connectivity index (χ0v) is 16.8. The minimum atomic E-state index is -0.859. The van der Waals surface area contributed by atoms with E-state index in [1.165, 1.54) is 0 Å². The maximum Gasteiger partial charge on any atom is 0.256 e. The Morgan fingerprint density at radius 1 is 1.24 bits per heavy atom. The standard InChI is InChI=1S/C19H30ClNO4/c1-7-19(5,25-8-2)17(22)21-14-9-10-16(15(20)13-14)24-12-11-18(3,4)23-6/h9-10,13H,7-8,11-12H2,1-6H3,(H,21,22). The third kappa shape index (κ3) is 6.49. The summed E-state index contributed by atoms with van der Waals surface area (Å²) in [7, 11) is 1.68. The number of carbonyl (C=O) groups is 1. The van der Waals surface area contributed by atoms with E-state index >= 15 is 0 Å². The van der Waals surface area contributed by atoms with Crippen molar-refractivity contribution < 1.29 is 19.0 Å². The Morgan fingerprint density at radius 2 is 1.92 bits per heavy atom. The Labute approximate surface area is 156 Å². The van der Waals surface area contributed by atoms with Gasteiger partial charge in [-0.2, -0.15) is 0 Å². The summed E-state index contributed by atoms with van der Waals surface area (Å²) in [5, 5.41) is 3.30. The molecule has 0 aliphatic heterocycles. The van der Waals surface area contributed by atoms with E-state index in [1.54, 1.807) is 32.2 Å². The normalized spacial score (nSPS) is 14.0. The summed E-state index contributed by atoms with van der Waals surface area (Å²) in [5.41, 5.74) is -0.495. The number of carbonyl (C=O) groups excluding carboxylic acids is 1. The second-order valence-electron chi connectivity index (χ2n) is 6.68. The highest BCUT2D eigenvalue weighted by Gasteiger charge is 2.31. The summed E-state index contributed by atoms with van der Waals surface area (Å²) in [6.07, 6.45) is 1.32. The van der Waals surface area contributed by atoms with Crippen LogP contribution >= 0.6 is 11.6 Å². The molecule has 1 aromatic carbocycles. The van der Waals surface area contributed by atoms with Crippen LogP contribution in [0.1, 0.15) is 47.5 Å². The second kappa shape index (κ2) is 9.41. The smallest absolute Gasteiger partial charge is 0.256 e. The number of halogens is 1. The lowest BCUT2D eigenvalue weighted by Crippen LogP contribution is -2.42. The quantitative estimate of drug-likeness (QED) is 0.648. The van der Waals surface area contributed by atoms with Crippen molar-refractivity contribution in [1.29, 1.82) is 0 Å². The van der Waals surface area contributed by atoms with E-state index in [-0.39, 0.29) is 11.5 Å². The Balaban J connectivity index is 2.71. The SMILES string of the molecule is CCOC(C)(CC)C(=O)Nc1ccc(OCCC(C)(C)OC)c(Cl)c1. The summed E-state index contributed by atoms with van der Waals surface area (Å²) in [6.45, 7) is 10.5. The number of nitrogens with one attached hydrogen (secondary N) is 1. The molecule has 0 aromatic heterocycles. The molecular formula is C19H30ClNO4. The van der Waals surface area contributed by atoms with E-state index in [0.29, 0.717) is 36.1 Å². The molecule has 1 atom stereocenters. The third-order valence-electron chi connectivity index (χ3n) is 4.32. The van der Waals surface area contributed by atoms with Gasteiger partial charge in [-0.15, -0.1) is 0 Å². The van der Waals surface area contributed by atoms with Gasteiger partial charge in [0.05, 0.1) is 17.2 Å². The molecule has 1 N–H and O–H groups in total. The molecule has 0 spiro atoms. The van der Waals surface area contributed by atoms with Crippen molar-refractivity contribution in [1.82, 2.24) is 0 Å². The number of amides is 1. The van der Waals surface area contributed by atoms with Gasteiger partial charge in [0.25, 0.3) is 5.91 Å². The minimum absolute atomic E-state index is 0.191. The molecule has 0 heterocycles. The molecule has 1 unspecified atom stereocenters. The van der Waals surface area contributed by atoms with Crippen molar-refractivity contribution in [3.05, 3.63) is 23.2 Å². The first-order chi connectivity index (χ1) is 11.7. The molecule has 1 aromatic rings. The van der Waals surface area contributed by atoms with Crippen molar-refractivity contribution >= 4 is 23.2 Å². The number of benzene rings is 1. The third-order valence-corrected chi connectivity index (χ3v) is 4.62. The summed E-state index contributed by atoms with van der Waals surface area (Å²) in [5.74, 6) is 0.387. The molecule has 0 bridgehead atoms. The van der Waals surface area contributed by atoms with Crippen LogP contribution in [0.2, 0.25) is 5.02 Å². The number of anilines is 1. The van der Waals surface area contributed by atoms with Crippen molar-refractivity contribution in [2.75, 3.05) is 25.6 Å². The van der Waals surface area contributed by atoms with Gasteiger partial charge in [0.15, 0.2) is 0 Å². The summed E-state index contributed by atoms with van der Waals surface area (Å²) >= 11 is 6.27. The van der Waals surface area contributed by atoms with E-state index in [0.717, 1.165) is 6.42 Å². The van der Waals surface area contributed by atoms with Gasteiger partial charge in [-0.25, -0.2) is 0 Å². The molecule has 0 radical (unpaired) electrons. The number of methoxy groups -OCH3 is 1. The molecule has 1 amide bonds. The van der Waals surface area contributed by atoms with Gasteiger partial charge in [0, 0.05) is 25.8 Å². The van der Waals surface area contributed by atoms with Gasteiger partial charge < -0.3 is 19.5 Å². The molecule has 1 rings (SSSR count). The van der Waals surface area contributed by atoms with E-state index in [2.05, 4.69) is 5.32 Å². The van der Waals surface area contributed by atoms with Gasteiger partial charge in [-0.1, -0.05) is 18.5 Å². The van der Waals surface area contributed by atoms with Gasteiger partial charge >= 0.3 is 0 Å². The van der Waals surface area contributed by atoms with Crippen LogP contribution in [0.15, 0.2) is 18.2 Å². The lowest BCUT2D eigenvalue weighted by Gasteiger charge is -2.26. The maximum absolute atomic E-state index is 12.4. The van der Waals surface area contributed by atoms with E-state index in [9.17, 15) is 4.79 Å². The first-order valence-electron chi connectivity index (χ1n) is 8.60. The van der Waals surface area contributed by atoms with Gasteiger partial charge in [-0.3, -0.25) is 4.79 Å². The van der Waals surface area contributed by atoms with Crippen LogP contribution in [-0.2, 0) is 14.3 Å². The molecule has 0 fully saturated rings. The van der Waals surface area contributed by atoms with Crippen LogP contribution < -0.4 is 10.1 Å². The van der Waals surface area contributed by atoms with E-state index in [1.807, 2.05) is 27.7 Å². The van der Waals surface area contributed by atoms with Crippen LogP contribution in [0, 0.1) is 0 Å². The van der Waals surface area contributed by atoms with Crippen LogP contribution in [0.4, 0.5) is 5.69 Å². The average molecular weight is 372 g/mol. The number of ether oxygens (including phenoxy) is 3. The Bertz CT molecular complexity index is 577. The maximum atomic E-state index is 12.4. The minimum Gasteiger partial charge on any atom is -0.492 e. The monoisotopic (exact) mass is 371 g/mol. The number of hydrogen-bond donors (Lipinski definition) is 1. The van der Waals surface area contributed by atoms with Crippen molar-refractivity contribution in [3.63, 3.8) is 0 Å². The van der Waals surface area contributed by atoms with Crippen LogP contribution in [0.3, 0.4) is 0 Å². The zero-order valence-electron chi connectivity index (χ0n) is 16.1. The highest BCUT2D eigenvalue weighted by molar-refractivity contribution is 6.32. The fourth-order valence-electron chi connectivity index (χ4n) is 2.11. The Morgan fingerprint density at radius 3 is 2.44 bits per heavy atom. The summed E-state index contributed by atoms with van der Waals surface area (Å²) < 4.78 is 16.7. The fourth-order valence-corrected chi connectivity index (χ4v) is 2.35. The number of hydrogen-bond acceptors (Lipinski definition) is 4. The van der Waals surface area contributed by atoms with Gasteiger partial charge in [0.2, 0.25) is 0 Å². The highest BCUT2D eigenvalue weighted by Crippen LogP contribution is 2.29. The lowest BCUT2D eigenvalue weighted by atomic mass is 10.0. The lowest BCUT2D eigenvalue weighted by molar-refractivity contribution is -0.139. The molecule has 25 heavy (non-hydrogen) atoms. The molecule has 0 aliphatic rings. The predicted octanol–water partition coefficient (Wildman–Crippen LogP) is 4.68. The molecule has 0 saturated heterocycles. The number of rotatable bonds is 10. The molecular weight excluding hydrogens is 342 g/mol. The molecule has 6 heteroatoms. The summed E-state index contributed by atoms with van der Waals surface area (Å²) in [6, 6.07) is 5.20.